The van der Waals surface area contributed by atoms with E-state index in [0.717, 1.165) is 17.0 Å². The van der Waals surface area contributed by atoms with Crippen molar-refractivity contribution in [3.63, 3.8) is 0 Å². The summed E-state index contributed by atoms with van der Waals surface area (Å²) in [4.78, 5) is 0.924. The van der Waals surface area contributed by atoms with Crippen LogP contribution in [-0.4, -0.2) is 16.4 Å². The van der Waals surface area contributed by atoms with Crippen LogP contribution in [0.5, 0.6) is 0 Å². The molecule has 1 aliphatic heterocycles. The van der Waals surface area contributed by atoms with E-state index in [1.54, 1.807) is 18.2 Å². The van der Waals surface area contributed by atoms with Crippen LogP contribution in [0.15, 0.2) is 76.9 Å². The van der Waals surface area contributed by atoms with E-state index < -0.39 is 23.1 Å². The predicted octanol–water partition coefficient (Wildman–Crippen LogP) is 6.39. The summed E-state index contributed by atoms with van der Waals surface area (Å²) in [5.74, 6) is -2.18. The van der Waals surface area contributed by atoms with E-state index in [4.69, 9.17) is 0 Å². The summed E-state index contributed by atoms with van der Waals surface area (Å²) in [5.41, 5.74) is 0.247. The first kappa shape index (κ1) is 20.2. The maximum atomic E-state index is 14.5. The zero-order valence-corrected chi connectivity index (χ0v) is 17.1. The third-order valence-corrected chi connectivity index (χ3v) is 6.00. The van der Waals surface area contributed by atoms with Gasteiger partial charge in [0.25, 0.3) is 0 Å². The molecule has 0 saturated carbocycles. The minimum absolute atomic E-state index is 0.0559. The first-order chi connectivity index (χ1) is 14.5. The molecule has 3 aromatic rings. The van der Waals surface area contributed by atoms with E-state index in [-0.39, 0.29) is 17.3 Å². The van der Waals surface area contributed by atoms with Crippen LogP contribution in [0, 0.1) is 17.5 Å². The fourth-order valence-corrected chi connectivity index (χ4v) is 4.61. The van der Waals surface area contributed by atoms with Crippen molar-refractivity contribution < 1.29 is 18.3 Å². The van der Waals surface area contributed by atoms with Gasteiger partial charge in [0.2, 0.25) is 0 Å². The third-order valence-electron chi connectivity index (χ3n) is 5.06. The van der Waals surface area contributed by atoms with Crippen molar-refractivity contribution in [2.24, 2.45) is 5.10 Å². The van der Waals surface area contributed by atoms with Gasteiger partial charge in [0, 0.05) is 10.9 Å². The first-order valence-corrected chi connectivity index (χ1v) is 10.4. The second-order valence-electron chi connectivity index (χ2n) is 6.70. The van der Waals surface area contributed by atoms with Crippen molar-refractivity contribution in [3.8, 4) is 0 Å². The summed E-state index contributed by atoms with van der Waals surface area (Å²) in [6, 6.07) is 12.9. The van der Waals surface area contributed by atoms with Gasteiger partial charge in [0.1, 0.15) is 17.4 Å². The molecule has 7 heteroatoms. The Kier molecular flexibility index (Phi) is 5.15. The largest absolute Gasteiger partial charge is 0.510 e. The van der Waals surface area contributed by atoms with Gasteiger partial charge in [-0.3, -0.25) is 0 Å². The fourth-order valence-electron chi connectivity index (χ4n) is 3.71. The Morgan fingerprint density at radius 1 is 1.00 bits per heavy atom. The smallest absolute Gasteiger partial charge is 0.155 e. The molecule has 1 aliphatic carbocycles. The molecule has 0 fully saturated rings. The van der Waals surface area contributed by atoms with Crippen molar-refractivity contribution in [2.75, 3.05) is 5.01 Å². The van der Waals surface area contributed by atoms with Crippen LogP contribution in [0.3, 0.4) is 0 Å². The van der Waals surface area contributed by atoms with Gasteiger partial charge < -0.3 is 5.11 Å². The Labute approximate surface area is 176 Å². The zero-order chi connectivity index (χ0) is 21.5. The number of aliphatic hydroxyl groups is 1. The van der Waals surface area contributed by atoms with E-state index in [1.165, 1.54) is 34.5 Å². The molecule has 3 nitrogen and oxygen atoms in total. The normalized spacial score (nSPS) is 21.8. The quantitative estimate of drug-likeness (QED) is 0.524. The number of aliphatic hydroxyl groups excluding tert-OH is 1. The summed E-state index contributed by atoms with van der Waals surface area (Å²) in [6.45, 7) is 4.00. The zero-order valence-electron chi connectivity index (χ0n) is 16.3. The minimum atomic E-state index is -1.05. The lowest BCUT2D eigenvalue weighted by atomic mass is 9.86. The average molecular weight is 428 g/mol. The monoisotopic (exact) mass is 428 g/mol. The van der Waals surface area contributed by atoms with Crippen LogP contribution in [-0.2, 0) is 0 Å². The lowest BCUT2D eigenvalue weighted by Gasteiger charge is -2.28. The molecule has 1 N–H and O–H groups in total. The van der Waals surface area contributed by atoms with Crippen molar-refractivity contribution in [1.82, 2.24) is 0 Å². The topological polar surface area (TPSA) is 35.8 Å². The number of hydrogen-bond acceptors (Lipinski definition) is 4. The van der Waals surface area contributed by atoms with Gasteiger partial charge in [0.05, 0.1) is 17.3 Å². The second kappa shape index (κ2) is 7.65. The van der Waals surface area contributed by atoms with Gasteiger partial charge in [-0.2, -0.15) is 5.10 Å². The number of thiophene rings is 1. The Bertz CT molecular complexity index is 1130. The molecule has 2 unspecified atom stereocenters. The average Bonchev–Trinajstić information content (AvgIpc) is 3.09. The van der Waals surface area contributed by atoms with Crippen molar-refractivity contribution in [2.45, 2.75) is 25.3 Å². The van der Waals surface area contributed by atoms with Gasteiger partial charge in [-0.25, -0.2) is 18.2 Å². The molecule has 0 amide bonds. The molecule has 2 atom stereocenters. The van der Waals surface area contributed by atoms with Crippen LogP contribution in [0.4, 0.5) is 18.9 Å². The molecule has 0 radical (unpaired) electrons. The minimum Gasteiger partial charge on any atom is -0.510 e. The van der Waals surface area contributed by atoms with Crippen molar-refractivity contribution in [1.29, 1.82) is 0 Å². The molecule has 5 rings (SSSR count). The summed E-state index contributed by atoms with van der Waals surface area (Å²) in [6.07, 6.45) is 1.61. The Morgan fingerprint density at radius 2 is 1.67 bits per heavy atom. The van der Waals surface area contributed by atoms with E-state index >= 15 is 0 Å². The van der Waals surface area contributed by atoms with E-state index in [1.807, 2.05) is 31.4 Å². The summed E-state index contributed by atoms with van der Waals surface area (Å²) >= 11 is 1.49. The second-order valence-corrected chi connectivity index (χ2v) is 7.68. The van der Waals surface area contributed by atoms with E-state index in [0.29, 0.717) is 11.3 Å². The molecular formula is C23H19F3N2OS. The highest BCUT2D eigenvalue weighted by Crippen LogP contribution is 2.57. The molecule has 2 aliphatic rings. The number of nitrogens with zero attached hydrogens (tertiary/aromatic N) is 2. The van der Waals surface area contributed by atoms with Gasteiger partial charge in [0.15, 0.2) is 11.4 Å². The number of halogens is 3. The number of hydrazone groups is 1. The lowest BCUT2D eigenvalue weighted by Crippen LogP contribution is -2.38. The standard InChI is InChI=1S/C21H13F3N2OS.C2H6/c22-13-5-3-12(4-6-13)20-19(17-2-1-9-28-17)21(11-18(21)27)26(25-20)16-8-7-14(23)10-15(16)24;1-2/h1-11,19,27H;1-2H3. The molecular weight excluding hydrogens is 409 g/mol. The Hall–Kier alpha value is -3.06. The molecule has 1 spiro atoms. The van der Waals surface area contributed by atoms with Gasteiger partial charge in [-0.15, -0.1) is 11.3 Å². The van der Waals surface area contributed by atoms with Crippen LogP contribution < -0.4 is 5.01 Å². The number of anilines is 1. The van der Waals surface area contributed by atoms with Crippen molar-refractivity contribution in [3.05, 3.63) is 99.7 Å². The van der Waals surface area contributed by atoms with E-state index in [2.05, 4.69) is 5.10 Å². The van der Waals surface area contributed by atoms with Crippen LogP contribution in [0.1, 0.15) is 30.2 Å². The van der Waals surface area contributed by atoms with Crippen molar-refractivity contribution >= 4 is 22.7 Å². The fraction of sp³-hybridized carbons (Fsp3) is 0.174. The van der Waals surface area contributed by atoms with Crippen LogP contribution in [0.25, 0.3) is 0 Å². The summed E-state index contributed by atoms with van der Waals surface area (Å²) < 4.78 is 41.4. The molecule has 154 valence electrons. The Morgan fingerprint density at radius 3 is 2.23 bits per heavy atom. The maximum Gasteiger partial charge on any atom is 0.155 e. The highest BCUT2D eigenvalue weighted by molar-refractivity contribution is 7.10. The van der Waals surface area contributed by atoms with E-state index in [9.17, 15) is 18.3 Å². The summed E-state index contributed by atoms with van der Waals surface area (Å²) in [7, 11) is 0. The molecule has 0 bridgehead atoms. The Balaban J connectivity index is 0.00000106. The highest BCUT2D eigenvalue weighted by Gasteiger charge is 2.63. The molecule has 0 saturated heterocycles. The lowest BCUT2D eigenvalue weighted by molar-refractivity contribution is 0.381. The molecule has 2 heterocycles. The van der Waals surface area contributed by atoms with Gasteiger partial charge in [-0.05, 0) is 47.4 Å². The van der Waals surface area contributed by atoms with Gasteiger partial charge in [-0.1, -0.05) is 32.0 Å². The highest BCUT2D eigenvalue weighted by atomic mass is 32.1. The molecule has 2 aromatic carbocycles. The number of benzene rings is 2. The van der Waals surface area contributed by atoms with Crippen LogP contribution in [0.2, 0.25) is 0 Å². The predicted molar refractivity (Wildman–Crippen MR) is 114 cm³/mol. The third kappa shape index (κ3) is 3.10. The molecule has 1 aromatic heterocycles. The van der Waals surface area contributed by atoms with Crippen LogP contribution >= 0.6 is 11.3 Å². The first-order valence-electron chi connectivity index (χ1n) is 9.56. The molecule has 30 heavy (non-hydrogen) atoms. The SMILES string of the molecule is CC.OC1=CC12C(c1cccs1)C(c1ccc(F)cc1)=NN2c1ccc(F)cc1F. The number of rotatable bonds is 3. The summed E-state index contributed by atoms with van der Waals surface area (Å²) in [5, 5.41) is 18.4. The van der Waals surface area contributed by atoms with Gasteiger partial charge >= 0.3 is 0 Å². The maximum absolute atomic E-state index is 14.5. The number of hydrogen-bond donors (Lipinski definition) is 1.